The number of amides is 2. The number of fused-ring (bicyclic) bond motifs is 1. The van der Waals surface area contributed by atoms with Crippen molar-refractivity contribution in [2.45, 2.75) is 33.4 Å². The van der Waals surface area contributed by atoms with E-state index in [2.05, 4.69) is 50.4 Å². The second-order valence-corrected chi connectivity index (χ2v) is 7.42. The molecule has 2 aromatic rings. The van der Waals surface area contributed by atoms with Crippen LogP contribution in [0.2, 0.25) is 0 Å². The van der Waals surface area contributed by atoms with Crippen LogP contribution in [-0.4, -0.2) is 31.2 Å². The van der Waals surface area contributed by atoms with Crippen LogP contribution in [0.15, 0.2) is 42.5 Å². The summed E-state index contributed by atoms with van der Waals surface area (Å²) in [5, 5.41) is 3.16. The van der Waals surface area contributed by atoms with Gasteiger partial charge >= 0.3 is 6.03 Å². The van der Waals surface area contributed by atoms with Crippen LogP contribution < -0.4 is 14.8 Å². The van der Waals surface area contributed by atoms with Crippen LogP contribution in [-0.2, 0) is 6.54 Å². The summed E-state index contributed by atoms with van der Waals surface area (Å²) < 4.78 is 11.3. The van der Waals surface area contributed by atoms with Crippen molar-refractivity contribution >= 4 is 6.03 Å². The van der Waals surface area contributed by atoms with Crippen molar-refractivity contribution in [1.29, 1.82) is 0 Å². The van der Waals surface area contributed by atoms with Crippen molar-refractivity contribution in [1.82, 2.24) is 10.2 Å². The lowest BCUT2D eigenvalue weighted by Crippen LogP contribution is -2.40. The molecule has 1 aliphatic heterocycles. The Labute approximate surface area is 161 Å². The predicted octanol–water partition coefficient (Wildman–Crippen LogP) is 4.30. The normalized spacial score (nSPS) is 14.0. The summed E-state index contributed by atoms with van der Waals surface area (Å²) in [5.41, 5.74) is 3.34. The van der Waals surface area contributed by atoms with E-state index in [1.165, 1.54) is 5.56 Å². The molecule has 2 amide bonds. The number of ether oxygens (including phenoxy) is 2. The van der Waals surface area contributed by atoms with E-state index in [0.717, 1.165) is 22.6 Å². The molecule has 1 aliphatic rings. The highest BCUT2D eigenvalue weighted by Crippen LogP contribution is 2.34. The van der Waals surface area contributed by atoms with Gasteiger partial charge in [-0.25, -0.2) is 4.79 Å². The molecule has 1 heterocycles. The van der Waals surface area contributed by atoms with Crippen molar-refractivity contribution in [3.8, 4) is 11.5 Å². The number of carbonyl (C=O) groups excluding carboxylic acids is 1. The van der Waals surface area contributed by atoms with Crippen LogP contribution >= 0.6 is 0 Å². The molecule has 0 unspecified atom stereocenters. The second kappa shape index (κ2) is 8.33. The number of benzene rings is 2. The van der Waals surface area contributed by atoms with E-state index < -0.39 is 0 Å². The van der Waals surface area contributed by atoms with Gasteiger partial charge in [-0.2, -0.15) is 0 Å². The number of hydrogen-bond donors (Lipinski definition) is 1. The quantitative estimate of drug-likeness (QED) is 0.856. The van der Waals surface area contributed by atoms with Gasteiger partial charge in [-0.05, 0) is 36.1 Å². The van der Waals surface area contributed by atoms with Gasteiger partial charge in [0.2, 0.25) is 0 Å². The van der Waals surface area contributed by atoms with Crippen LogP contribution in [0, 0.1) is 12.8 Å². The summed E-state index contributed by atoms with van der Waals surface area (Å²) in [6.45, 7) is 7.94. The van der Waals surface area contributed by atoms with Crippen LogP contribution in [0.5, 0.6) is 11.5 Å². The number of carbonyl (C=O) groups is 1. The first kappa shape index (κ1) is 19.1. The molecule has 1 N–H and O–H groups in total. The van der Waals surface area contributed by atoms with Gasteiger partial charge in [-0.15, -0.1) is 0 Å². The molecule has 0 radical (unpaired) electrons. The van der Waals surface area contributed by atoms with Crippen molar-refractivity contribution < 1.29 is 14.3 Å². The van der Waals surface area contributed by atoms with Crippen molar-refractivity contribution in [2.75, 3.05) is 20.3 Å². The lowest BCUT2D eigenvalue weighted by Gasteiger charge is -2.28. The molecule has 0 saturated carbocycles. The fourth-order valence-electron chi connectivity index (χ4n) is 3.17. The summed E-state index contributed by atoms with van der Waals surface area (Å²) in [7, 11) is 1.82. The molecule has 27 heavy (non-hydrogen) atoms. The molecule has 0 aromatic heterocycles. The minimum absolute atomic E-state index is 0.0934. The van der Waals surface area contributed by atoms with Gasteiger partial charge in [0.25, 0.3) is 0 Å². The predicted molar refractivity (Wildman–Crippen MR) is 106 cm³/mol. The largest absolute Gasteiger partial charge is 0.486 e. The Kier molecular flexibility index (Phi) is 5.89. The molecule has 0 fully saturated rings. The number of nitrogens with zero attached hydrogens (tertiary/aromatic N) is 1. The third-order valence-corrected chi connectivity index (χ3v) is 4.76. The Morgan fingerprint density at radius 2 is 1.74 bits per heavy atom. The topological polar surface area (TPSA) is 50.8 Å². The molecule has 0 spiro atoms. The highest BCUT2D eigenvalue weighted by Gasteiger charge is 2.22. The monoisotopic (exact) mass is 368 g/mol. The summed E-state index contributed by atoms with van der Waals surface area (Å²) in [4.78, 5) is 14.5. The molecule has 0 saturated heterocycles. The molecule has 0 aliphatic carbocycles. The van der Waals surface area contributed by atoms with Gasteiger partial charge in [-0.3, -0.25) is 0 Å². The molecule has 0 bridgehead atoms. The molecule has 3 rings (SSSR count). The van der Waals surface area contributed by atoms with E-state index in [-0.39, 0.29) is 18.0 Å². The lowest BCUT2D eigenvalue weighted by molar-refractivity contribution is 0.171. The van der Waals surface area contributed by atoms with E-state index in [9.17, 15) is 4.79 Å². The van der Waals surface area contributed by atoms with Crippen molar-refractivity contribution in [2.24, 2.45) is 5.92 Å². The van der Waals surface area contributed by atoms with Crippen LogP contribution in [0.1, 0.15) is 36.6 Å². The van der Waals surface area contributed by atoms with Gasteiger partial charge in [0, 0.05) is 13.6 Å². The summed E-state index contributed by atoms with van der Waals surface area (Å²) in [6, 6.07) is 13.9. The first-order chi connectivity index (χ1) is 12.9. The summed E-state index contributed by atoms with van der Waals surface area (Å²) in [5.74, 6) is 1.74. The maximum Gasteiger partial charge on any atom is 0.317 e. The highest BCUT2D eigenvalue weighted by atomic mass is 16.6. The van der Waals surface area contributed by atoms with E-state index in [1.807, 2.05) is 25.2 Å². The van der Waals surface area contributed by atoms with Crippen LogP contribution in [0.4, 0.5) is 4.79 Å². The first-order valence-electron chi connectivity index (χ1n) is 9.41. The summed E-state index contributed by atoms with van der Waals surface area (Å²) >= 11 is 0. The minimum atomic E-state index is -0.103. The van der Waals surface area contributed by atoms with Gasteiger partial charge in [0.15, 0.2) is 11.5 Å². The molecule has 5 heteroatoms. The zero-order valence-corrected chi connectivity index (χ0v) is 16.5. The lowest BCUT2D eigenvalue weighted by atomic mass is 9.95. The molecular weight excluding hydrogens is 340 g/mol. The fraction of sp³-hybridized carbons (Fsp3) is 0.409. The Hall–Kier alpha value is -2.69. The average Bonchev–Trinajstić information content (AvgIpc) is 2.67. The van der Waals surface area contributed by atoms with Crippen molar-refractivity contribution in [3.05, 3.63) is 59.2 Å². The maximum atomic E-state index is 12.8. The molecular formula is C22H28N2O3. The van der Waals surface area contributed by atoms with E-state index in [4.69, 9.17) is 9.47 Å². The molecule has 1 atom stereocenters. The molecule has 144 valence electrons. The number of hydrogen-bond acceptors (Lipinski definition) is 3. The molecule has 2 aromatic carbocycles. The average molecular weight is 368 g/mol. The maximum absolute atomic E-state index is 12.8. The number of urea groups is 1. The summed E-state index contributed by atoms with van der Waals surface area (Å²) in [6.07, 6.45) is 0. The Bertz CT molecular complexity index is 787. The van der Waals surface area contributed by atoms with Gasteiger partial charge in [0.1, 0.15) is 13.2 Å². The van der Waals surface area contributed by atoms with E-state index >= 15 is 0 Å². The van der Waals surface area contributed by atoms with E-state index in [1.54, 1.807) is 4.90 Å². The van der Waals surface area contributed by atoms with Crippen LogP contribution in [0.3, 0.4) is 0 Å². The number of aryl methyl sites for hydroxylation is 1. The fourth-order valence-corrected chi connectivity index (χ4v) is 3.17. The minimum Gasteiger partial charge on any atom is -0.486 e. The Morgan fingerprint density at radius 3 is 2.41 bits per heavy atom. The van der Waals surface area contributed by atoms with Gasteiger partial charge in [-0.1, -0.05) is 49.7 Å². The smallest absolute Gasteiger partial charge is 0.317 e. The van der Waals surface area contributed by atoms with Gasteiger partial charge < -0.3 is 19.7 Å². The van der Waals surface area contributed by atoms with E-state index in [0.29, 0.717) is 19.8 Å². The zero-order chi connectivity index (χ0) is 19.4. The second-order valence-electron chi connectivity index (χ2n) is 7.42. The standard InChI is InChI=1S/C22H28N2O3/c1-15(2)21(18-9-10-19-20(13-18)27-12-11-26-19)23-22(25)24(4)14-17-7-5-16(3)6-8-17/h5-10,13,15,21H,11-12,14H2,1-4H3,(H,23,25)/t21-/m1/s1. The third kappa shape index (κ3) is 4.73. The van der Waals surface area contributed by atoms with Crippen LogP contribution in [0.25, 0.3) is 0 Å². The highest BCUT2D eigenvalue weighted by molar-refractivity contribution is 5.74. The number of nitrogens with one attached hydrogen (secondary N) is 1. The number of rotatable bonds is 5. The first-order valence-corrected chi connectivity index (χ1v) is 9.41. The SMILES string of the molecule is Cc1ccc(CN(C)C(=O)N[C@@H](c2ccc3c(c2)OCCO3)C(C)C)cc1. The Balaban J connectivity index is 1.70. The van der Waals surface area contributed by atoms with Gasteiger partial charge in [0.05, 0.1) is 6.04 Å². The zero-order valence-electron chi connectivity index (χ0n) is 16.5. The third-order valence-electron chi connectivity index (χ3n) is 4.76. The Morgan fingerprint density at radius 1 is 1.07 bits per heavy atom. The molecule has 5 nitrogen and oxygen atoms in total. The van der Waals surface area contributed by atoms with Crippen molar-refractivity contribution in [3.63, 3.8) is 0 Å².